The van der Waals surface area contributed by atoms with E-state index in [2.05, 4.69) is 10.3 Å². The minimum atomic E-state index is -4.50. The van der Waals surface area contributed by atoms with Crippen LogP contribution >= 0.6 is 22.9 Å². The number of carbonyl (C=O) groups is 1. The van der Waals surface area contributed by atoms with Gasteiger partial charge >= 0.3 is 6.18 Å². The van der Waals surface area contributed by atoms with E-state index in [1.165, 1.54) is 25.3 Å². The lowest BCUT2D eigenvalue weighted by molar-refractivity contribution is -0.136. The Kier molecular flexibility index (Phi) is 4.81. The number of hydrogen-bond donors (Lipinski definition) is 1. The van der Waals surface area contributed by atoms with Gasteiger partial charge < -0.3 is 4.74 Å². The number of aromatic nitrogens is 1. The largest absolute Gasteiger partial charge is 0.496 e. The van der Waals surface area contributed by atoms with Gasteiger partial charge in [-0.25, -0.2) is 4.98 Å². The highest BCUT2D eigenvalue weighted by Crippen LogP contribution is 2.39. The van der Waals surface area contributed by atoms with E-state index in [1.807, 2.05) is 0 Å². The molecule has 0 bridgehead atoms. The van der Waals surface area contributed by atoms with E-state index >= 15 is 0 Å². The van der Waals surface area contributed by atoms with Gasteiger partial charge in [0, 0.05) is 5.02 Å². The maximum atomic E-state index is 13.1. The van der Waals surface area contributed by atoms with Crippen LogP contribution in [0.25, 0.3) is 10.2 Å². The van der Waals surface area contributed by atoms with Crippen LogP contribution in [0.3, 0.4) is 0 Å². The number of amides is 1. The molecule has 0 aliphatic heterocycles. The Morgan fingerprint density at radius 1 is 1.31 bits per heavy atom. The Labute approximate surface area is 155 Å². The lowest BCUT2D eigenvalue weighted by atomic mass is 10.1. The number of carbonyl (C=O) groups excluding carboxylic acids is 1. The van der Waals surface area contributed by atoms with Crippen molar-refractivity contribution in [3.05, 3.63) is 52.0 Å². The van der Waals surface area contributed by atoms with Crippen molar-refractivity contribution in [2.24, 2.45) is 0 Å². The van der Waals surface area contributed by atoms with Crippen LogP contribution in [0.4, 0.5) is 18.3 Å². The van der Waals surface area contributed by atoms with Gasteiger partial charge in [-0.2, -0.15) is 13.2 Å². The summed E-state index contributed by atoms with van der Waals surface area (Å²) < 4.78 is 44.5. The molecular weight excluding hydrogens is 389 g/mol. The van der Waals surface area contributed by atoms with Crippen LogP contribution in [0.5, 0.6) is 5.75 Å². The summed E-state index contributed by atoms with van der Waals surface area (Å²) in [4.78, 5) is 16.6. The number of thiazole rings is 1. The fraction of sp³-hybridized carbons (Fsp3) is 0.176. The zero-order valence-corrected chi connectivity index (χ0v) is 15.1. The van der Waals surface area contributed by atoms with Crippen molar-refractivity contribution in [3.63, 3.8) is 0 Å². The van der Waals surface area contributed by atoms with Crippen LogP contribution < -0.4 is 10.1 Å². The van der Waals surface area contributed by atoms with Crippen molar-refractivity contribution in [3.8, 4) is 5.75 Å². The number of hydrogen-bond acceptors (Lipinski definition) is 4. The molecule has 26 heavy (non-hydrogen) atoms. The molecule has 0 spiro atoms. The zero-order valence-electron chi connectivity index (χ0n) is 13.6. The van der Waals surface area contributed by atoms with Gasteiger partial charge in [0.1, 0.15) is 5.75 Å². The van der Waals surface area contributed by atoms with Crippen molar-refractivity contribution in [1.29, 1.82) is 0 Å². The predicted octanol–water partition coefficient (Wildman–Crippen LogP) is 5.54. The number of anilines is 1. The Morgan fingerprint density at radius 3 is 2.69 bits per heavy atom. The summed E-state index contributed by atoms with van der Waals surface area (Å²) in [5.74, 6) is -0.232. The summed E-state index contributed by atoms with van der Waals surface area (Å²) in [6.45, 7) is 1.73. The van der Waals surface area contributed by atoms with Gasteiger partial charge in [0.15, 0.2) is 5.13 Å². The summed E-state index contributed by atoms with van der Waals surface area (Å²) in [5, 5.41) is 2.92. The average molecular weight is 401 g/mol. The summed E-state index contributed by atoms with van der Waals surface area (Å²) in [5.41, 5.74) is 0.208. The van der Waals surface area contributed by atoms with Gasteiger partial charge in [0.05, 0.1) is 28.5 Å². The minimum Gasteiger partial charge on any atom is -0.496 e. The van der Waals surface area contributed by atoms with Crippen molar-refractivity contribution in [2.75, 3.05) is 12.4 Å². The number of nitrogens with zero attached hydrogens (tertiary/aromatic N) is 1. The molecule has 0 saturated carbocycles. The van der Waals surface area contributed by atoms with Crippen LogP contribution in [-0.2, 0) is 6.18 Å². The molecule has 0 fully saturated rings. The molecule has 0 aliphatic carbocycles. The van der Waals surface area contributed by atoms with Gasteiger partial charge in [0.25, 0.3) is 5.91 Å². The monoisotopic (exact) mass is 400 g/mol. The number of rotatable bonds is 3. The quantitative estimate of drug-likeness (QED) is 0.628. The zero-order chi connectivity index (χ0) is 19.1. The highest BCUT2D eigenvalue weighted by molar-refractivity contribution is 7.22. The molecule has 1 aromatic heterocycles. The molecule has 3 rings (SSSR count). The molecule has 1 heterocycles. The van der Waals surface area contributed by atoms with Gasteiger partial charge in [-0.05, 0) is 36.8 Å². The molecule has 3 aromatic rings. The lowest BCUT2D eigenvalue weighted by Crippen LogP contribution is -2.13. The molecule has 9 heteroatoms. The Morgan fingerprint density at radius 2 is 2.04 bits per heavy atom. The van der Waals surface area contributed by atoms with Crippen molar-refractivity contribution in [1.82, 2.24) is 4.98 Å². The lowest BCUT2D eigenvalue weighted by Gasteiger charge is -2.11. The third-order valence-corrected chi connectivity index (χ3v) is 4.87. The van der Waals surface area contributed by atoms with Crippen molar-refractivity contribution in [2.45, 2.75) is 13.1 Å². The predicted molar refractivity (Wildman–Crippen MR) is 95.3 cm³/mol. The highest BCUT2D eigenvalue weighted by Gasteiger charge is 2.33. The van der Waals surface area contributed by atoms with Gasteiger partial charge in [0.2, 0.25) is 0 Å². The van der Waals surface area contributed by atoms with Crippen LogP contribution in [-0.4, -0.2) is 18.0 Å². The molecule has 2 aromatic carbocycles. The number of methoxy groups -OCH3 is 1. The van der Waals surface area contributed by atoms with Crippen molar-refractivity contribution < 1.29 is 22.7 Å². The molecule has 4 nitrogen and oxygen atoms in total. The number of nitrogens with one attached hydrogen (secondary N) is 1. The molecule has 1 N–H and O–H groups in total. The fourth-order valence-electron chi connectivity index (χ4n) is 2.56. The van der Waals surface area contributed by atoms with Gasteiger partial charge in [-0.3, -0.25) is 10.1 Å². The maximum Gasteiger partial charge on any atom is 0.417 e. The topological polar surface area (TPSA) is 51.2 Å². The van der Waals surface area contributed by atoms with E-state index in [0.29, 0.717) is 16.3 Å². The second kappa shape index (κ2) is 6.77. The number of alkyl halides is 3. The van der Waals surface area contributed by atoms with E-state index in [0.717, 1.165) is 17.4 Å². The molecule has 0 atom stereocenters. The third-order valence-electron chi connectivity index (χ3n) is 3.63. The van der Waals surface area contributed by atoms with E-state index in [1.54, 1.807) is 13.0 Å². The summed E-state index contributed by atoms with van der Waals surface area (Å²) in [6, 6.07) is 6.79. The molecule has 136 valence electrons. The SMILES string of the molecule is COc1c(C)cc(Cl)cc1C(=O)Nc1nc2cccc(C(F)(F)F)c2s1. The van der Waals surface area contributed by atoms with Crippen LogP contribution in [0.15, 0.2) is 30.3 Å². The van der Waals surface area contributed by atoms with Crippen LogP contribution in [0, 0.1) is 6.92 Å². The Bertz CT molecular complexity index is 1000. The number of halogens is 4. The van der Waals surface area contributed by atoms with E-state index < -0.39 is 17.6 Å². The number of aryl methyl sites for hydroxylation is 1. The number of fused-ring (bicyclic) bond motifs is 1. The first-order valence-electron chi connectivity index (χ1n) is 7.33. The third kappa shape index (κ3) is 3.47. The molecule has 0 saturated heterocycles. The standard InChI is InChI=1S/C17H12ClF3N2O2S/c1-8-6-9(18)7-10(13(8)25-2)15(24)23-16-22-12-5-3-4-11(14(12)26-16)17(19,20)21/h3-7H,1-2H3,(H,22,23,24). The fourth-order valence-corrected chi connectivity index (χ4v) is 3.83. The van der Waals surface area contributed by atoms with Crippen LogP contribution in [0.1, 0.15) is 21.5 Å². The summed E-state index contributed by atoms with van der Waals surface area (Å²) in [6.07, 6.45) is -4.50. The van der Waals surface area contributed by atoms with Crippen LogP contribution in [0.2, 0.25) is 5.02 Å². The minimum absolute atomic E-state index is 0.0375. The molecule has 1 amide bonds. The highest BCUT2D eigenvalue weighted by atomic mass is 35.5. The molecule has 0 radical (unpaired) electrons. The summed E-state index contributed by atoms with van der Waals surface area (Å²) >= 11 is 6.75. The molecular formula is C17H12ClF3N2O2S. The first-order valence-corrected chi connectivity index (χ1v) is 8.52. The first kappa shape index (κ1) is 18.5. The Balaban J connectivity index is 1.99. The average Bonchev–Trinajstić information content (AvgIpc) is 2.95. The second-order valence-corrected chi connectivity index (χ2v) is 6.86. The van der Waals surface area contributed by atoms with Crippen molar-refractivity contribution >= 4 is 44.2 Å². The smallest absolute Gasteiger partial charge is 0.417 e. The number of benzene rings is 2. The first-order chi connectivity index (χ1) is 12.2. The summed E-state index contributed by atoms with van der Waals surface area (Å²) in [7, 11) is 1.42. The van der Waals surface area contributed by atoms with E-state index in [9.17, 15) is 18.0 Å². The Hall–Kier alpha value is -2.32. The normalized spacial score (nSPS) is 11.6. The molecule has 0 aliphatic rings. The number of ether oxygens (including phenoxy) is 1. The van der Waals surface area contributed by atoms with Gasteiger partial charge in [-0.1, -0.05) is 29.0 Å². The van der Waals surface area contributed by atoms with Gasteiger partial charge in [-0.15, -0.1) is 0 Å². The second-order valence-electron chi connectivity index (χ2n) is 5.43. The maximum absolute atomic E-state index is 13.1. The molecule has 0 unspecified atom stereocenters. The van der Waals surface area contributed by atoms with E-state index in [4.69, 9.17) is 16.3 Å². The van der Waals surface area contributed by atoms with E-state index in [-0.39, 0.29) is 20.9 Å².